The van der Waals surface area contributed by atoms with E-state index in [-0.39, 0.29) is 37.7 Å². The van der Waals surface area contributed by atoms with Crippen molar-refractivity contribution in [2.45, 2.75) is 19.3 Å². The van der Waals surface area contributed by atoms with Gasteiger partial charge in [-0.2, -0.15) is 0 Å². The molecule has 0 saturated carbocycles. The third kappa shape index (κ3) is 5.25. The average Bonchev–Trinajstić information content (AvgIpc) is 2.37. The summed E-state index contributed by atoms with van der Waals surface area (Å²) in [4.78, 5) is 35.4. The molecule has 0 bridgehead atoms. The standard InChI is InChI=1S/C12H20N2O5/c1-19-7-5-13-10(15)4-6-14-8-9(12(17)18)2-3-11(14)16/h9H,2-8H2,1H3,(H,13,15)(H,17,18). The van der Waals surface area contributed by atoms with Gasteiger partial charge in [0.2, 0.25) is 11.8 Å². The van der Waals surface area contributed by atoms with Crippen LogP contribution in [0.5, 0.6) is 0 Å². The highest BCUT2D eigenvalue weighted by molar-refractivity contribution is 5.81. The number of methoxy groups -OCH3 is 1. The van der Waals surface area contributed by atoms with E-state index in [0.717, 1.165) is 0 Å². The van der Waals surface area contributed by atoms with E-state index in [1.165, 1.54) is 4.90 Å². The molecule has 0 radical (unpaired) electrons. The summed E-state index contributed by atoms with van der Waals surface area (Å²) in [5.41, 5.74) is 0. The largest absolute Gasteiger partial charge is 0.481 e. The number of carbonyl (C=O) groups is 3. The number of piperidine rings is 1. The lowest BCUT2D eigenvalue weighted by atomic mass is 9.97. The molecular formula is C12H20N2O5. The van der Waals surface area contributed by atoms with Crippen LogP contribution in [0.25, 0.3) is 0 Å². The number of aliphatic carboxylic acids is 1. The molecule has 7 nitrogen and oxygen atoms in total. The molecule has 1 heterocycles. The minimum Gasteiger partial charge on any atom is -0.481 e. The first-order chi connectivity index (χ1) is 9.04. The molecule has 0 aromatic heterocycles. The Morgan fingerprint density at radius 2 is 2.26 bits per heavy atom. The molecular weight excluding hydrogens is 252 g/mol. The summed E-state index contributed by atoms with van der Waals surface area (Å²) in [6.07, 6.45) is 0.800. The van der Waals surface area contributed by atoms with Crippen molar-refractivity contribution >= 4 is 17.8 Å². The SMILES string of the molecule is COCCNC(=O)CCN1CC(C(=O)O)CCC1=O. The molecule has 2 amide bonds. The molecule has 19 heavy (non-hydrogen) atoms. The highest BCUT2D eigenvalue weighted by Crippen LogP contribution is 2.17. The molecule has 1 saturated heterocycles. The third-order valence-electron chi connectivity index (χ3n) is 3.09. The number of nitrogens with zero attached hydrogens (tertiary/aromatic N) is 1. The molecule has 2 N–H and O–H groups in total. The number of amides is 2. The number of likely N-dealkylation sites (tertiary alicyclic amines) is 1. The third-order valence-corrected chi connectivity index (χ3v) is 3.09. The number of carbonyl (C=O) groups excluding carboxylic acids is 2. The van der Waals surface area contributed by atoms with Crippen LogP contribution in [0.15, 0.2) is 0 Å². The second-order valence-electron chi connectivity index (χ2n) is 4.51. The van der Waals surface area contributed by atoms with Crippen molar-refractivity contribution in [3.8, 4) is 0 Å². The van der Waals surface area contributed by atoms with E-state index in [9.17, 15) is 14.4 Å². The zero-order valence-electron chi connectivity index (χ0n) is 11.1. The van der Waals surface area contributed by atoms with Crippen LogP contribution >= 0.6 is 0 Å². The van der Waals surface area contributed by atoms with E-state index < -0.39 is 11.9 Å². The number of carboxylic acids is 1. The molecule has 1 unspecified atom stereocenters. The molecule has 1 rings (SSSR count). The lowest BCUT2D eigenvalue weighted by Crippen LogP contribution is -2.44. The van der Waals surface area contributed by atoms with Crippen LogP contribution in [-0.2, 0) is 19.1 Å². The van der Waals surface area contributed by atoms with E-state index in [1.807, 2.05) is 0 Å². The van der Waals surface area contributed by atoms with Gasteiger partial charge in [0.15, 0.2) is 0 Å². The van der Waals surface area contributed by atoms with Crippen LogP contribution in [0.4, 0.5) is 0 Å². The summed E-state index contributed by atoms with van der Waals surface area (Å²) in [6, 6.07) is 0. The van der Waals surface area contributed by atoms with Crippen LogP contribution in [0.2, 0.25) is 0 Å². The van der Waals surface area contributed by atoms with Crippen LogP contribution in [-0.4, -0.2) is 61.1 Å². The maximum atomic E-state index is 11.6. The highest BCUT2D eigenvalue weighted by Gasteiger charge is 2.29. The van der Waals surface area contributed by atoms with Gasteiger partial charge in [0.1, 0.15) is 0 Å². The first-order valence-electron chi connectivity index (χ1n) is 6.30. The number of hydrogen-bond acceptors (Lipinski definition) is 4. The molecule has 1 aliphatic heterocycles. The minimum atomic E-state index is -0.887. The topological polar surface area (TPSA) is 95.9 Å². The summed E-state index contributed by atoms with van der Waals surface area (Å²) in [5, 5.41) is 11.6. The summed E-state index contributed by atoms with van der Waals surface area (Å²) < 4.78 is 4.80. The maximum absolute atomic E-state index is 11.6. The van der Waals surface area contributed by atoms with Crippen molar-refractivity contribution in [2.75, 3.05) is 33.4 Å². The Kier molecular flexibility index (Phi) is 6.27. The fourth-order valence-electron chi connectivity index (χ4n) is 1.95. The van der Waals surface area contributed by atoms with Gasteiger partial charge < -0.3 is 20.1 Å². The summed E-state index contributed by atoms with van der Waals surface area (Å²) in [6.45, 7) is 1.33. The van der Waals surface area contributed by atoms with Crippen molar-refractivity contribution in [1.82, 2.24) is 10.2 Å². The fourth-order valence-corrected chi connectivity index (χ4v) is 1.95. The van der Waals surface area contributed by atoms with Gasteiger partial charge in [0.25, 0.3) is 0 Å². The Morgan fingerprint density at radius 3 is 2.89 bits per heavy atom. The second kappa shape index (κ2) is 7.73. The van der Waals surface area contributed by atoms with E-state index in [2.05, 4.69) is 5.32 Å². The van der Waals surface area contributed by atoms with E-state index in [4.69, 9.17) is 9.84 Å². The lowest BCUT2D eigenvalue weighted by molar-refractivity contribution is -0.147. The molecule has 0 aromatic carbocycles. The molecule has 108 valence electrons. The van der Waals surface area contributed by atoms with Gasteiger partial charge in [-0.1, -0.05) is 0 Å². The number of ether oxygens (including phenoxy) is 1. The number of hydrogen-bond donors (Lipinski definition) is 2. The maximum Gasteiger partial charge on any atom is 0.308 e. The van der Waals surface area contributed by atoms with Crippen LogP contribution in [0, 0.1) is 5.92 Å². The van der Waals surface area contributed by atoms with E-state index >= 15 is 0 Å². The lowest BCUT2D eigenvalue weighted by Gasteiger charge is -2.30. The average molecular weight is 272 g/mol. The number of carboxylic acid groups (broad SMARTS) is 1. The molecule has 0 spiro atoms. The first kappa shape index (κ1) is 15.4. The Labute approximate surface area is 111 Å². The second-order valence-corrected chi connectivity index (χ2v) is 4.51. The van der Waals surface area contributed by atoms with Gasteiger partial charge in [-0.3, -0.25) is 14.4 Å². The predicted octanol–water partition coefficient (Wildman–Crippen LogP) is -0.538. The van der Waals surface area contributed by atoms with Gasteiger partial charge in [-0.05, 0) is 6.42 Å². The van der Waals surface area contributed by atoms with Crippen molar-refractivity contribution in [3.05, 3.63) is 0 Å². The monoisotopic (exact) mass is 272 g/mol. The van der Waals surface area contributed by atoms with Gasteiger partial charge in [-0.25, -0.2) is 0 Å². The Balaban J connectivity index is 2.32. The van der Waals surface area contributed by atoms with Crippen molar-refractivity contribution < 1.29 is 24.2 Å². The van der Waals surface area contributed by atoms with Crippen LogP contribution in [0.3, 0.4) is 0 Å². The summed E-state index contributed by atoms with van der Waals surface area (Å²) in [7, 11) is 1.55. The Bertz CT molecular complexity index is 345. The molecule has 7 heteroatoms. The smallest absolute Gasteiger partial charge is 0.308 e. The molecule has 0 aromatic rings. The molecule has 1 fully saturated rings. The highest BCUT2D eigenvalue weighted by atomic mass is 16.5. The normalized spacial score (nSPS) is 19.3. The van der Waals surface area contributed by atoms with Gasteiger partial charge in [-0.15, -0.1) is 0 Å². The number of nitrogens with one attached hydrogen (secondary N) is 1. The number of rotatable bonds is 7. The van der Waals surface area contributed by atoms with Gasteiger partial charge in [0.05, 0.1) is 12.5 Å². The predicted molar refractivity (Wildman–Crippen MR) is 66.4 cm³/mol. The quantitative estimate of drug-likeness (QED) is 0.607. The fraction of sp³-hybridized carbons (Fsp3) is 0.750. The van der Waals surface area contributed by atoms with Gasteiger partial charge in [0, 0.05) is 39.6 Å². The summed E-state index contributed by atoms with van der Waals surface area (Å²) in [5.74, 6) is -1.65. The summed E-state index contributed by atoms with van der Waals surface area (Å²) >= 11 is 0. The van der Waals surface area contributed by atoms with Crippen LogP contribution in [0.1, 0.15) is 19.3 Å². The first-order valence-corrected chi connectivity index (χ1v) is 6.30. The zero-order valence-corrected chi connectivity index (χ0v) is 11.1. The van der Waals surface area contributed by atoms with Crippen molar-refractivity contribution in [1.29, 1.82) is 0 Å². The van der Waals surface area contributed by atoms with Crippen molar-refractivity contribution in [2.24, 2.45) is 5.92 Å². The van der Waals surface area contributed by atoms with E-state index in [0.29, 0.717) is 19.6 Å². The Hall–Kier alpha value is -1.63. The molecule has 0 aliphatic carbocycles. The van der Waals surface area contributed by atoms with Gasteiger partial charge >= 0.3 is 5.97 Å². The minimum absolute atomic E-state index is 0.0813. The molecule has 1 atom stereocenters. The van der Waals surface area contributed by atoms with Crippen molar-refractivity contribution in [3.63, 3.8) is 0 Å². The van der Waals surface area contributed by atoms with Crippen LogP contribution < -0.4 is 5.32 Å². The zero-order chi connectivity index (χ0) is 14.3. The van der Waals surface area contributed by atoms with E-state index in [1.54, 1.807) is 7.11 Å². The molecule has 1 aliphatic rings. The Morgan fingerprint density at radius 1 is 1.53 bits per heavy atom.